The summed E-state index contributed by atoms with van der Waals surface area (Å²) in [6.07, 6.45) is 5.18. The van der Waals surface area contributed by atoms with Gasteiger partial charge < -0.3 is 10.6 Å². The lowest BCUT2D eigenvalue weighted by Crippen LogP contribution is -2.34. The lowest BCUT2D eigenvalue weighted by atomic mass is 10.1. The molecule has 0 unspecified atom stereocenters. The van der Waals surface area contributed by atoms with Gasteiger partial charge in [0, 0.05) is 36.9 Å². The van der Waals surface area contributed by atoms with Gasteiger partial charge in [-0.05, 0) is 42.7 Å². The van der Waals surface area contributed by atoms with Crippen LogP contribution < -0.4 is 10.6 Å². The van der Waals surface area contributed by atoms with Crippen molar-refractivity contribution in [3.8, 4) is 0 Å². The summed E-state index contributed by atoms with van der Waals surface area (Å²) in [4.78, 5) is 27.4. The molecular weight excluding hydrogens is 326 g/mol. The van der Waals surface area contributed by atoms with E-state index in [1.165, 1.54) is 6.20 Å². The molecule has 5 nitrogen and oxygen atoms in total. The fourth-order valence-electron chi connectivity index (χ4n) is 2.17. The predicted octanol–water partition coefficient (Wildman–Crippen LogP) is 2.60. The molecule has 0 radical (unpaired) electrons. The average Bonchev–Trinajstić information content (AvgIpc) is 2.61. The van der Waals surface area contributed by atoms with E-state index in [1.807, 2.05) is 24.3 Å². The van der Waals surface area contributed by atoms with Gasteiger partial charge in [-0.2, -0.15) is 0 Å². The zero-order valence-electron chi connectivity index (χ0n) is 13.3. The van der Waals surface area contributed by atoms with Gasteiger partial charge in [-0.25, -0.2) is 0 Å². The Morgan fingerprint density at radius 1 is 1.04 bits per heavy atom. The molecule has 2 aromatic rings. The van der Waals surface area contributed by atoms with Crippen LogP contribution in [-0.4, -0.2) is 29.9 Å². The summed E-state index contributed by atoms with van der Waals surface area (Å²) in [5.41, 5.74) is 1.67. The van der Waals surface area contributed by atoms with Crippen molar-refractivity contribution < 1.29 is 9.59 Å². The molecule has 0 spiro atoms. The van der Waals surface area contributed by atoms with E-state index in [1.54, 1.807) is 18.3 Å². The number of carbonyl (C=O) groups excluding carboxylic acids is 2. The van der Waals surface area contributed by atoms with Gasteiger partial charge in [-0.3, -0.25) is 14.6 Å². The minimum atomic E-state index is -0.194. The number of hydrogen-bond acceptors (Lipinski definition) is 3. The van der Waals surface area contributed by atoms with Gasteiger partial charge in [-0.15, -0.1) is 0 Å². The molecule has 2 amide bonds. The molecular formula is C18H20ClN3O2. The Kier molecular flexibility index (Phi) is 7.23. The molecule has 2 rings (SSSR count). The standard InChI is InChI=1S/C18H20ClN3O2/c19-16-8-6-14(7-9-16)3-1-5-17(23)21-11-12-22-18(24)15-4-2-10-20-13-15/h2,4,6-10,13H,1,3,5,11-12H2,(H,21,23)(H,22,24). The Morgan fingerprint density at radius 3 is 2.50 bits per heavy atom. The predicted molar refractivity (Wildman–Crippen MR) is 94.0 cm³/mol. The van der Waals surface area contributed by atoms with Gasteiger partial charge in [0.2, 0.25) is 5.91 Å². The van der Waals surface area contributed by atoms with E-state index < -0.39 is 0 Å². The number of halogens is 1. The van der Waals surface area contributed by atoms with Crippen LogP contribution in [0.4, 0.5) is 0 Å². The topological polar surface area (TPSA) is 71.1 Å². The van der Waals surface area contributed by atoms with Crippen LogP contribution in [0.5, 0.6) is 0 Å². The number of nitrogens with one attached hydrogen (secondary N) is 2. The van der Waals surface area contributed by atoms with Crippen LogP contribution >= 0.6 is 11.6 Å². The van der Waals surface area contributed by atoms with Crippen molar-refractivity contribution in [3.05, 3.63) is 64.9 Å². The number of rotatable bonds is 8. The van der Waals surface area contributed by atoms with Gasteiger partial charge in [0.1, 0.15) is 0 Å². The first kappa shape index (κ1) is 17.9. The number of carbonyl (C=O) groups is 2. The fraction of sp³-hybridized carbons (Fsp3) is 0.278. The SMILES string of the molecule is O=C(CCCc1ccc(Cl)cc1)NCCNC(=O)c1cccnc1. The Labute approximate surface area is 146 Å². The number of aromatic nitrogens is 1. The molecule has 1 aromatic carbocycles. The highest BCUT2D eigenvalue weighted by molar-refractivity contribution is 6.30. The van der Waals surface area contributed by atoms with Crippen LogP contribution in [0.3, 0.4) is 0 Å². The van der Waals surface area contributed by atoms with E-state index in [0.29, 0.717) is 30.1 Å². The van der Waals surface area contributed by atoms with Crippen molar-refractivity contribution in [1.82, 2.24) is 15.6 Å². The number of pyridine rings is 1. The highest BCUT2D eigenvalue weighted by Crippen LogP contribution is 2.11. The van der Waals surface area contributed by atoms with Gasteiger partial charge in [0.05, 0.1) is 5.56 Å². The summed E-state index contributed by atoms with van der Waals surface area (Å²) in [5.74, 6) is -0.209. The van der Waals surface area contributed by atoms with Crippen LogP contribution in [0.25, 0.3) is 0 Å². The van der Waals surface area contributed by atoms with Crippen molar-refractivity contribution in [1.29, 1.82) is 0 Å². The normalized spacial score (nSPS) is 10.2. The van der Waals surface area contributed by atoms with Crippen molar-refractivity contribution in [2.75, 3.05) is 13.1 Å². The Morgan fingerprint density at radius 2 is 1.79 bits per heavy atom. The maximum Gasteiger partial charge on any atom is 0.252 e. The molecule has 126 valence electrons. The zero-order valence-corrected chi connectivity index (χ0v) is 14.1. The number of benzene rings is 1. The van der Waals surface area contributed by atoms with E-state index in [4.69, 9.17) is 11.6 Å². The molecule has 1 aromatic heterocycles. The van der Waals surface area contributed by atoms with Crippen molar-refractivity contribution in [3.63, 3.8) is 0 Å². The summed E-state index contributed by atoms with van der Waals surface area (Å²) in [7, 11) is 0. The van der Waals surface area contributed by atoms with E-state index in [0.717, 1.165) is 18.4 Å². The van der Waals surface area contributed by atoms with E-state index in [-0.39, 0.29) is 11.8 Å². The maximum atomic E-state index is 11.8. The molecule has 0 aliphatic carbocycles. The van der Waals surface area contributed by atoms with Crippen LogP contribution in [0.15, 0.2) is 48.8 Å². The molecule has 0 fully saturated rings. The highest BCUT2D eigenvalue weighted by Gasteiger charge is 2.05. The van der Waals surface area contributed by atoms with Crippen molar-refractivity contribution in [2.45, 2.75) is 19.3 Å². The number of amides is 2. The molecule has 6 heteroatoms. The molecule has 24 heavy (non-hydrogen) atoms. The monoisotopic (exact) mass is 345 g/mol. The van der Waals surface area contributed by atoms with Gasteiger partial charge >= 0.3 is 0 Å². The summed E-state index contributed by atoms with van der Waals surface area (Å²) < 4.78 is 0. The second-order valence-corrected chi connectivity index (χ2v) is 5.76. The summed E-state index contributed by atoms with van der Waals surface area (Å²) in [6.45, 7) is 0.794. The van der Waals surface area contributed by atoms with Crippen molar-refractivity contribution >= 4 is 23.4 Å². The Bertz CT molecular complexity index is 660. The molecule has 0 bridgehead atoms. The molecule has 0 saturated carbocycles. The largest absolute Gasteiger partial charge is 0.354 e. The number of nitrogens with zero attached hydrogens (tertiary/aromatic N) is 1. The lowest BCUT2D eigenvalue weighted by molar-refractivity contribution is -0.121. The third-order valence-electron chi connectivity index (χ3n) is 3.44. The highest BCUT2D eigenvalue weighted by atomic mass is 35.5. The minimum Gasteiger partial charge on any atom is -0.354 e. The molecule has 2 N–H and O–H groups in total. The van der Waals surface area contributed by atoms with Crippen LogP contribution in [0.2, 0.25) is 5.02 Å². The van der Waals surface area contributed by atoms with E-state index in [2.05, 4.69) is 15.6 Å². The Hall–Kier alpha value is -2.40. The van der Waals surface area contributed by atoms with E-state index in [9.17, 15) is 9.59 Å². The number of hydrogen-bond donors (Lipinski definition) is 2. The van der Waals surface area contributed by atoms with Crippen LogP contribution in [0.1, 0.15) is 28.8 Å². The number of aryl methyl sites for hydroxylation is 1. The van der Waals surface area contributed by atoms with Crippen LogP contribution in [0, 0.1) is 0 Å². The first-order valence-electron chi connectivity index (χ1n) is 7.84. The molecule has 0 aliphatic heterocycles. The fourth-order valence-corrected chi connectivity index (χ4v) is 2.30. The lowest BCUT2D eigenvalue weighted by Gasteiger charge is -2.07. The van der Waals surface area contributed by atoms with Gasteiger partial charge in [0.15, 0.2) is 0 Å². The Balaban J connectivity index is 1.56. The zero-order chi connectivity index (χ0) is 17.2. The smallest absolute Gasteiger partial charge is 0.252 e. The third kappa shape index (κ3) is 6.38. The van der Waals surface area contributed by atoms with E-state index >= 15 is 0 Å². The quantitative estimate of drug-likeness (QED) is 0.722. The summed E-state index contributed by atoms with van der Waals surface area (Å²) in [5, 5.41) is 6.24. The second-order valence-electron chi connectivity index (χ2n) is 5.33. The average molecular weight is 346 g/mol. The first-order valence-corrected chi connectivity index (χ1v) is 8.22. The van der Waals surface area contributed by atoms with Crippen molar-refractivity contribution in [2.24, 2.45) is 0 Å². The van der Waals surface area contributed by atoms with Gasteiger partial charge in [0.25, 0.3) is 5.91 Å². The molecule has 1 heterocycles. The molecule has 0 atom stereocenters. The molecule has 0 aliphatic rings. The maximum absolute atomic E-state index is 11.8. The van der Waals surface area contributed by atoms with Crippen LogP contribution in [-0.2, 0) is 11.2 Å². The molecule has 0 saturated heterocycles. The first-order chi connectivity index (χ1) is 11.6. The minimum absolute atomic E-state index is 0.0143. The van der Waals surface area contributed by atoms with Gasteiger partial charge in [-0.1, -0.05) is 23.7 Å². The summed E-state index contributed by atoms with van der Waals surface area (Å²) in [6, 6.07) is 11.0. The second kappa shape index (κ2) is 9.67. The third-order valence-corrected chi connectivity index (χ3v) is 3.69. The summed E-state index contributed by atoms with van der Waals surface area (Å²) >= 11 is 5.83.